The van der Waals surface area contributed by atoms with Crippen LogP contribution in [0.4, 0.5) is 10.1 Å². The van der Waals surface area contributed by atoms with Gasteiger partial charge in [0, 0.05) is 11.3 Å². The Morgan fingerprint density at radius 1 is 1.04 bits per heavy atom. The van der Waals surface area contributed by atoms with Gasteiger partial charge in [-0.05, 0) is 61.9 Å². The monoisotopic (exact) mass is 378 g/mol. The van der Waals surface area contributed by atoms with Crippen LogP contribution in [0.3, 0.4) is 0 Å². The lowest BCUT2D eigenvalue weighted by molar-refractivity contribution is -0.117. The molecule has 2 N–H and O–H groups in total. The zero-order chi connectivity index (χ0) is 19.3. The first-order chi connectivity index (χ1) is 12.2. The van der Waals surface area contributed by atoms with Crippen molar-refractivity contribution in [2.75, 3.05) is 5.32 Å². The second kappa shape index (κ2) is 8.20. The van der Waals surface area contributed by atoms with Crippen LogP contribution in [0.1, 0.15) is 30.6 Å². The van der Waals surface area contributed by atoms with Gasteiger partial charge in [-0.1, -0.05) is 6.92 Å². The topological polar surface area (TPSA) is 92.3 Å². The quantitative estimate of drug-likeness (QED) is 0.725. The normalized spacial score (nSPS) is 12.4. The van der Waals surface area contributed by atoms with Gasteiger partial charge in [-0.25, -0.2) is 12.8 Å². The first kappa shape index (κ1) is 19.7. The Morgan fingerprint density at radius 2 is 1.62 bits per heavy atom. The van der Waals surface area contributed by atoms with Gasteiger partial charge in [-0.3, -0.25) is 9.59 Å². The average Bonchev–Trinajstić information content (AvgIpc) is 2.60. The largest absolute Gasteiger partial charge is 0.325 e. The highest BCUT2D eigenvalue weighted by Gasteiger charge is 2.24. The molecule has 1 atom stereocenters. The number of sulfonamides is 1. The Hall–Kier alpha value is -2.58. The Labute approximate surface area is 151 Å². The number of rotatable bonds is 7. The molecule has 2 aromatic carbocycles. The van der Waals surface area contributed by atoms with Gasteiger partial charge in [0.2, 0.25) is 15.9 Å². The number of carbonyl (C=O) groups excluding carboxylic acids is 2. The number of carbonyl (C=O) groups is 2. The van der Waals surface area contributed by atoms with Crippen LogP contribution in [-0.4, -0.2) is 26.2 Å². The van der Waals surface area contributed by atoms with Crippen molar-refractivity contribution < 1.29 is 22.4 Å². The average molecular weight is 378 g/mol. The molecule has 8 heteroatoms. The molecule has 1 amide bonds. The van der Waals surface area contributed by atoms with Crippen molar-refractivity contribution in [1.82, 2.24) is 4.72 Å². The summed E-state index contributed by atoms with van der Waals surface area (Å²) >= 11 is 0. The first-order valence-corrected chi connectivity index (χ1v) is 9.41. The maximum Gasteiger partial charge on any atom is 0.242 e. The van der Waals surface area contributed by atoms with E-state index in [9.17, 15) is 22.4 Å². The van der Waals surface area contributed by atoms with E-state index in [1.165, 1.54) is 6.92 Å². The molecule has 0 fully saturated rings. The molecule has 0 heterocycles. The van der Waals surface area contributed by atoms with Crippen molar-refractivity contribution in [2.45, 2.75) is 31.2 Å². The van der Waals surface area contributed by atoms with Crippen molar-refractivity contribution in [1.29, 1.82) is 0 Å². The van der Waals surface area contributed by atoms with E-state index in [-0.39, 0.29) is 17.1 Å². The number of halogens is 1. The second-order valence-electron chi connectivity index (χ2n) is 5.66. The number of Topliss-reactive ketones (excluding diaryl/α,β-unsaturated/α-hetero) is 1. The minimum Gasteiger partial charge on any atom is -0.325 e. The highest BCUT2D eigenvalue weighted by molar-refractivity contribution is 7.89. The maximum atomic E-state index is 13.0. The zero-order valence-electron chi connectivity index (χ0n) is 14.3. The van der Waals surface area contributed by atoms with Crippen LogP contribution in [-0.2, 0) is 14.8 Å². The fourth-order valence-corrected chi connectivity index (χ4v) is 3.49. The number of nitrogens with one attached hydrogen (secondary N) is 2. The molecular weight excluding hydrogens is 359 g/mol. The Balaban J connectivity index is 2.10. The first-order valence-electron chi connectivity index (χ1n) is 7.92. The SMILES string of the molecule is CCC(NS(=O)(=O)c1ccc(F)cc1)C(=O)Nc1ccc(C(C)=O)cc1. The number of ketones is 1. The third kappa shape index (κ3) is 4.96. The van der Waals surface area contributed by atoms with E-state index < -0.39 is 27.8 Å². The van der Waals surface area contributed by atoms with E-state index in [0.717, 1.165) is 24.3 Å². The van der Waals surface area contributed by atoms with Gasteiger partial charge in [0.1, 0.15) is 11.9 Å². The van der Waals surface area contributed by atoms with Crippen molar-refractivity contribution in [2.24, 2.45) is 0 Å². The van der Waals surface area contributed by atoms with Crippen LogP contribution in [0.5, 0.6) is 0 Å². The Bertz CT molecular complexity index is 894. The minimum atomic E-state index is -3.97. The smallest absolute Gasteiger partial charge is 0.242 e. The molecule has 0 aliphatic carbocycles. The van der Waals surface area contributed by atoms with Gasteiger partial charge >= 0.3 is 0 Å². The summed E-state index contributed by atoms with van der Waals surface area (Å²) in [5.41, 5.74) is 0.950. The summed E-state index contributed by atoms with van der Waals surface area (Å²) in [4.78, 5) is 23.5. The van der Waals surface area contributed by atoms with Crippen molar-refractivity contribution in [3.8, 4) is 0 Å². The van der Waals surface area contributed by atoms with Gasteiger partial charge < -0.3 is 5.32 Å². The number of benzene rings is 2. The van der Waals surface area contributed by atoms with Crippen LogP contribution in [0.2, 0.25) is 0 Å². The molecule has 26 heavy (non-hydrogen) atoms. The summed E-state index contributed by atoms with van der Waals surface area (Å²) in [6, 6.07) is 9.59. The van der Waals surface area contributed by atoms with Crippen LogP contribution >= 0.6 is 0 Å². The van der Waals surface area contributed by atoms with Crippen LogP contribution in [0.15, 0.2) is 53.4 Å². The molecule has 2 rings (SSSR count). The van der Waals surface area contributed by atoms with E-state index >= 15 is 0 Å². The highest BCUT2D eigenvalue weighted by Crippen LogP contribution is 2.13. The molecule has 0 aliphatic heterocycles. The predicted octanol–water partition coefficient (Wildman–Crippen LogP) is 2.72. The molecule has 0 radical (unpaired) electrons. The molecule has 0 saturated heterocycles. The van der Waals surface area contributed by atoms with E-state index in [1.54, 1.807) is 31.2 Å². The molecule has 138 valence electrons. The molecule has 1 unspecified atom stereocenters. The minimum absolute atomic E-state index is 0.0960. The van der Waals surface area contributed by atoms with Gasteiger partial charge in [-0.15, -0.1) is 0 Å². The van der Waals surface area contributed by atoms with Gasteiger partial charge in [0.05, 0.1) is 4.90 Å². The van der Waals surface area contributed by atoms with Gasteiger partial charge in [0.25, 0.3) is 0 Å². The maximum absolute atomic E-state index is 13.0. The molecule has 0 bridgehead atoms. The van der Waals surface area contributed by atoms with Gasteiger partial charge in [-0.2, -0.15) is 4.72 Å². The summed E-state index contributed by atoms with van der Waals surface area (Å²) in [6.45, 7) is 3.10. The van der Waals surface area contributed by atoms with E-state index in [4.69, 9.17) is 0 Å². The summed E-state index contributed by atoms with van der Waals surface area (Å²) in [5, 5.41) is 2.61. The zero-order valence-corrected chi connectivity index (χ0v) is 15.1. The standard InChI is InChI=1S/C18H19FN2O4S/c1-3-17(21-26(24,25)16-10-6-14(19)7-11-16)18(23)20-15-8-4-13(5-9-15)12(2)22/h4-11,17,21H,3H2,1-2H3,(H,20,23). The van der Waals surface area contributed by atoms with E-state index in [0.29, 0.717) is 11.3 Å². The molecule has 0 saturated carbocycles. The molecule has 0 aromatic heterocycles. The van der Waals surface area contributed by atoms with Crippen molar-refractivity contribution in [3.63, 3.8) is 0 Å². The lowest BCUT2D eigenvalue weighted by Gasteiger charge is -2.17. The second-order valence-corrected chi connectivity index (χ2v) is 7.37. The lowest BCUT2D eigenvalue weighted by atomic mass is 10.1. The molecule has 6 nitrogen and oxygen atoms in total. The summed E-state index contributed by atoms with van der Waals surface area (Å²) in [6.07, 6.45) is 0.220. The van der Waals surface area contributed by atoms with Gasteiger partial charge in [0.15, 0.2) is 5.78 Å². The molecule has 0 aliphatic rings. The number of amides is 1. The van der Waals surface area contributed by atoms with Crippen LogP contribution < -0.4 is 10.0 Å². The Morgan fingerprint density at radius 3 is 2.12 bits per heavy atom. The van der Waals surface area contributed by atoms with Crippen LogP contribution in [0.25, 0.3) is 0 Å². The third-order valence-corrected chi connectivity index (χ3v) is 5.19. The third-order valence-electron chi connectivity index (χ3n) is 3.71. The number of hydrogen-bond acceptors (Lipinski definition) is 4. The number of hydrogen-bond donors (Lipinski definition) is 2. The molecule has 2 aromatic rings. The van der Waals surface area contributed by atoms with E-state index in [2.05, 4.69) is 10.0 Å². The highest BCUT2D eigenvalue weighted by atomic mass is 32.2. The fourth-order valence-electron chi connectivity index (χ4n) is 2.21. The Kier molecular flexibility index (Phi) is 6.23. The lowest BCUT2D eigenvalue weighted by Crippen LogP contribution is -2.43. The summed E-state index contributed by atoms with van der Waals surface area (Å²) in [5.74, 6) is -1.18. The fraction of sp³-hybridized carbons (Fsp3) is 0.222. The van der Waals surface area contributed by atoms with Crippen molar-refractivity contribution in [3.05, 3.63) is 59.9 Å². The number of anilines is 1. The van der Waals surface area contributed by atoms with Crippen LogP contribution in [0, 0.1) is 5.82 Å². The predicted molar refractivity (Wildman–Crippen MR) is 95.9 cm³/mol. The van der Waals surface area contributed by atoms with E-state index in [1.807, 2.05) is 0 Å². The molecular formula is C18H19FN2O4S. The molecule has 0 spiro atoms. The summed E-state index contributed by atoms with van der Waals surface area (Å²) in [7, 11) is -3.97. The van der Waals surface area contributed by atoms with Crippen molar-refractivity contribution >= 4 is 27.4 Å². The summed E-state index contributed by atoms with van der Waals surface area (Å²) < 4.78 is 39.9.